The summed E-state index contributed by atoms with van der Waals surface area (Å²) in [6, 6.07) is 0. The lowest BCUT2D eigenvalue weighted by atomic mass is 10.4. The Morgan fingerprint density at radius 3 is 1.65 bits per heavy atom. The number of unbranched alkanes of at least 4 members (excludes halogenated alkanes) is 2. The number of rotatable bonds is 12. The Morgan fingerprint density at radius 2 is 1.29 bits per heavy atom. The number of phosphoric ester groups is 1. The maximum atomic E-state index is 12.1. The number of hydrogen-bond donors (Lipinski definition) is 1. The minimum Gasteiger partial charge on any atom is -0.396 e. The van der Waals surface area contributed by atoms with E-state index in [2.05, 4.69) is 0 Å². The first-order chi connectivity index (χ1) is 8.18. The number of hydrogen-bond acceptors (Lipinski definition) is 5. The fraction of sp³-hybridized carbons (Fsp3) is 1.00. The molecule has 0 rings (SSSR count). The van der Waals surface area contributed by atoms with Crippen molar-refractivity contribution in [2.45, 2.75) is 46.0 Å². The lowest BCUT2D eigenvalue weighted by Crippen LogP contribution is -2.04. The van der Waals surface area contributed by atoms with Gasteiger partial charge in [0.25, 0.3) is 0 Å². The van der Waals surface area contributed by atoms with Crippen LogP contribution in [0.3, 0.4) is 0 Å². The van der Waals surface area contributed by atoms with Gasteiger partial charge in [-0.25, -0.2) is 4.57 Å². The van der Waals surface area contributed by atoms with Crippen LogP contribution in [0, 0.1) is 0 Å². The van der Waals surface area contributed by atoms with Gasteiger partial charge in [-0.1, -0.05) is 26.7 Å². The molecule has 0 aromatic carbocycles. The predicted molar refractivity (Wildman–Crippen MR) is 67.0 cm³/mol. The third-order valence-electron chi connectivity index (χ3n) is 2.05. The highest BCUT2D eigenvalue weighted by atomic mass is 31.2. The topological polar surface area (TPSA) is 65.0 Å². The van der Waals surface area contributed by atoms with E-state index < -0.39 is 7.82 Å². The standard InChI is InChI=1S/C11H25O5P/c1-3-5-9-14-17(13,15-10-6-4-2)16-11-7-8-12/h12H,3-11H2,1-2H3. The average molecular weight is 268 g/mol. The summed E-state index contributed by atoms with van der Waals surface area (Å²) in [5.74, 6) is 0. The van der Waals surface area contributed by atoms with Crippen LogP contribution in [0.2, 0.25) is 0 Å². The van der Waals surface area contributed by atoms with E-state index >= 15 is 0 Å². The molecule has 0 spiro atoms. The predicted octanol–water partition coefficient (Wildman–Crippen LogP) is 3.13. The Bertz CT molecular complexity index is 177. The summed E-state index contributed by atoms with van der Waals surface area (Å²) in [6.45, 7) is 4.99. The molecule has 0 aliphatic heterocycles. The van der Waals surface area contributed by atoms with E-state index in [1.165, 1.54) is 0 Å². The summed E-state index contributed by atoms with van der Waals surface area (Å²) in [7, 11) is -3.42. The summed E-state index contributed by atoms with van der Waals surface area (Å²) in [5.41, 5.74) is 0. The van der Waals surface area contributed by atoms with Crippen molar-refractivity contribution >= 4 is 7.82 Å². The Kier molecular flexibility index (Phi) is 11.2. The van der Waals surface area contributed by atoms with Gasteiger partial charge in [0.05, 0.1) is 19.8 Å². The smallest absolute Gasteiger partial charge is 0.396 e. The molecule has 0 saturated carbocycles. The van der Waals surface area contributed by atoms with E-state index in [4.69, 9.17) is 18.7 Å². The molecule has 104 valence electrons. The lowest BCUT2D eigenvalue weighted by Gasteiger charge is -2.17. The molecule has 0 heterocycles. The highest BCUT2D eigenvalue weighted by molar-refractivity contribution is 7.48. The second-order valence-corrected chi connectivity index (χ2v) is 5.40. The van der Waals surface area contributed by atoms with Crippen molar-refractivity contribution in [3.8, 4) is 0 Å². The molecule has 0 aromatic rings. The van der Waals surface area contributed by atoms with E-state index in [-0.39, 0.29) is 13.2 Å². The van der Waals surface area contributed by atoms with Gasteiger partial charge in [-0.15, -0.1) is 0 Å². The van der Waals surface area contributed by atoms with E-state index in [1.807, 2.05) is 13.8 Å². The lowest BCUT2D eigenvalue weighted by molar-refractivity contribution is 0.105. The first kappa shape index (κ1) is 17.1. The maximum absolute atomic E-state index is 12.1. The van der Waals surface area contributed by atoms with Crippen LogP contribution in [0.4, 0.5) is 0 Å². The van der Waals surface area contributed by atoms with Crippen LogP contribution in [0.5, 0.6) is 0 Å². The fourth-order valence-corrected chi connectivity index (χ4v) is 2.28. The van der Waals surface area contributed by atoms with Crippen LogP contribution >= 0.6 is 7.82 Å². The van der Waals surface area contributed by atoms with Crippen molar-refractivity contribution in [3.63, 3.8) is 0 Å². The average Bonchev–Trinajstić information content (AvgIpc) is 2.30. The van der Waals surface area contributed by atoms with E-state index in [1.54, 1.807) is 0 Å². The molecule has 0 radical (unpaired) electrons. The van der Waals surface area contributed by atoms with Crippen molar-refractivity contribution < 1.29 is 23.2 Å². The molecule has 17 heavy (non-hydrogen) atoms. The Labute approximate surface area is 104 Å². The van der Waals surface area contributed by atoms with Gasteiger partial charge in [-0.2, -0.15) is 0 Å². The number of aliphatic hydroxyl groups excluding tert-OH is 1. The Morgan fingerprint density at radius 1 is 0.882 bits per heavy atom. The van der Waals surface area contributed by atoms with Crippen molar-refractivity contribution in [1.29, 1.82) is 0 Å². The molecule has 0 amide bonds. The van der Waals surface area contributed by atoms with E-state index in [0.29, 0.717) is 19.6 Å². The molecule has 5 nitrogen and oxygen atoms in total. The van der Waals surface area contributed by atoms with Crippen LogP contribution in [0.15, 0.2) is 0 Å². The van der Waals surface area contributed by atoms with Gasteiger partial charge in [-0.05, 0) is 19.3 Å². The molecule has 0 aromatic heterocycles. The summed E-state index contributed by atoms with van der Waals surface area (Å²) in [6.07, 6.45) is 4.00. The van der Waals surface area contributed by atoms with Crippen LogP contribution in [0.1, 0.15) is 46.0 Å². The van der Waals surface area contributed by atoms with Crippen LogP contribution in [-0.2, 0) is 18.1 Å². The summed E-state index contributed by atoms with van der Waals surface area (Å²) in [4.78, 5) is 0. The monoisotopic (exact) mass is 268 g/mol. The molecule has 0 aliphatic carbocycles. The normalized spacial score (nSPS) is 11.9. The maximum Gasteiger partial charge on any atom is 0.474 e. The zero-order valence-corrected chi connectivity index (χ0v) is 11.8. The van der Waals surface area contributed by atoms with E-state index in [9.17, 15) is 4.57 Å². The molecule has 0 aliphatic rings. The van der Waals surface area contributed by atoms with Crippen molar-refractivity contribution in [3.05, 3.63) is 0 Å². The Hall–Kier alpha value is 0.0700. The molecule has 6 heteroatoms. The van der Waals surface area contributed by atoms with Gasteiger partial charge in [0.15, 0.2) is 0 Å². The molecule has 0 saturated heterocycles. The molecule has 0 atom stereocenters. The first-order valence-corrected chi connectivity index (χ1v) is 7.79. The van der Waals surface area contributed by atoms with Crippen LogP contribution in [0.25, 0.3) is 0 Å². The Balaban J connectivity index is 4.00. The molecule has 1 N–H and O–H groups in total. The number of aliphatic hydroxyl groups is 1. The van der Waals surface area contributed by atoms with E-state index in [0.717, 1.165) is 25.7 Å². The number of phosphoric acid groups is 1. The van der Waals surface area contributed by atoms with Gasteiger partial charge in [0, 0.05) is 6.61 Å². The summed E-state index contributed by atoms with van der Waals surface area (Å²) < 4.78 is 27.6. The van der Waals surface area contributed by atoms with Gasteiger partial charge in [0.1, 0.15) is 0 Å². The molecular formula is C11H25O5P. The van der Waals surface area contributed by atoms with Crippen molar-refractivity contribution in [2.24, 2.45) is 0 Å². The SMILES string of the molecule is CCCCOP(=O)(OCCCC)OCCCO. The zero-order valence-electron chi connectivity index (χ0n) is 10.9. The third kappa shape index (κ3) is 9.74. The second kappa shape index (κ2) is 11.2. The molecular weight excluding hydrogens is 243 g/mol. The highest BCUT2D eigenvalue weighted by Gasteiger charge is 2.25. The minimum atomic E-state index is -3.42. The van der Waals surface area contributed by atoms with Gasteiger partial charge in [-0.3, -0.25) is 13.6 Å². The van der Waals surface area contributed by atoms with Crippen molar-refractivity contribution in [1.82, 2.24) is 0 Å². The first-order valence-electron chi connectivity index (χ1n) is 6.33. The summed E-state index contributed by atoms with van der Waals surface area (Å²) in [5, 5.41) is 8.64. The highest BCUT2D eigenvalue weighted by Crippen LogP contribution is 2.49. The summed E-state index contributed by atoms with van der Waals surface area (Å²) >= 11 is 0. The van der Waals surface area contributed by atoms with Crippen LogP contribution < -0.4 is 0 Å². The van der Waals surface area contributed by atoms with Gasteiger partial charge >= 0.3 is 7.82 Å². The molecule has 0 bridgehead atoms. The quantitative estimate of drug-likeness (QED) is 0.435. The van der Waals surface area contributed by atoms with Gasteiger partial charge < -0.3 is 5.11 Å². The third-order valence-corrected chi connectivity index (χ3v) is 3.54. The largest absolute Gasteiger partial charge is 0.474 e. The molecule has 0 fully saturated rings. The second-order valence-electron chi connectivity index (χ2n) is 3.73. The van der Waals surface area contributed by atoms with Crippen molar-refractivity contribution in [2.75, 3.05) is 26.4 Å². The minimum absolute atomic E-state index is 0.00389. The van der Waals surface area contributed by atoms with Crippen LogP contribution in [-0.4, -0.2) is 31.5 Å². The zero-order chi connectivity index (χ0) is 13.0. The fourth-order valence-electron chi connectivity index (χ4n) is 0.994. The molecule has 0 unspecified atom stereocenters. The van der Waals surface area contributed by atoms with Gasteiger partial charge in [0.2, 0.25) is 0 Å².